The van der Waals surface area contributed by atoms with Crippen molar-refractivity contribution < 1.29 is 18.0 Å². The molecule has 2 aromatic rings. The Bertz CT molecular complexity index is 1070. The molecule has 186 valence electrons. The third kappa shape index (κ3) is 7.97. The smallest absolute Gasteiger partial charge is 0.244 e. The van der Waals surface area contributed by atoms with Gasteiger partial charge in [-0.15, -0.1) is 0 Å². The van der Waals surface area contributed by atoms with Gasteiger partial charge in [0.1, 0.15) is 12.6 Å². The van der Waals surface area contributed by atoms with Gasteiger partial charge in [0, 0.05) is 16.2 Å². The van der Waals surface area contributed by atoms with Crippen LogP contribution in [0.2, 0.25) is 0 Å². The Kier molecular flexibility index (Phi) is 10.4. The van der Waals surface area contributed by atoms with Crippen molar-refractivity contribution >= 4 is 50.1 Å². The monoisotopic (exact) mass is 599 g/mol. The third-order valence-electron chi connectivity index (χ3n) is 5.65. The summed E-state index contributed by atoms with van der Waals surface area (Å²) in [5.74, 6) is -0.673. The van der Waals surface area contributed by atoms with Crippen LogP contribution in [-0.4, -0.2) is 50.0 Å². The number of benzene rings is 2. The second-order valence-corrected chi connectivity index (χ2v) is 11.6. The van der Waals surface area contributed by atoms with E-state index in [2.05, 4.69) is 27.9 Å². The highest BCUT2D eigenvalue weighted by molar-refractivity contribution is 14.1. The summed E-state index contributed by atoms with van der Waals surface area (Å²) in [6, 6.07) is 13.9. The van der Waals surface area contributed by atoms with Gasteiger partial charge in [-0.25, -0.2) is 8.42 Å². The van der Waals surface area contributed by atoms with E-state index in [1.54, 1.807) is 24.3 Å². The summed E-state index contributed by atoms with van der Waals surface area (Å²) in [7, 11) is -3.73. The van der Waals surface area contributed by atoms with Crippen LogP contribution in [0, 0.1) is 10.5 Å². The van der Waals surface area contributed by atoms with Crippen molar-refractivity contribution in [1.82, 2.24) is 10.2 Å². The standard InChI is InChI=1S/C25H34IN3O4S/c1-6-19(4)27-25(31)23(7-2)28(16-20-10-8-18(3)9-11-20)24(30)17-29(34(5,32)33)22-14-12-21(26)13-15-22/h8-15,19,23H,6-7,16-17H2,1-5H3,(H,27,31). The minimum Gasteiger partial charge on any atom is -0.352 e. The van der Waals surface area contributed by atoms with E-state index >= 15 is 0 Å². The average molecular weight is 600 g/mol. The van der Waals surface area contributed by atoms with Crippen LogP contribution in [0.5, 0.6) is 0 Å². The number of halogens is 1. The normalized spacial score (nSPS) is 13.1. The van der Waals surface area contributed by atoms with Gasteiger partial charge in [0.15, 0.2) is 0 Å². The molecule has 2 rings (SSSR count). The van der Waals surface area contributed by atoms with Crippen LogP contribution >= 0.6 is 22.6 Å². The molecule has 0 aliphatic carbocycles. The lowest BCUT2D eigenvalue weighted by atomic mass is 10.1. The van der Waals surface area contributed by atoms with E-state index < -0.39 is 28.5 Å². The molecule has 0 bridgehead atoms. The zero-order chi connectivity index (χ0) is 25.5. The van der Waals surface area contributed by atoms with Gasteiger partial charge in [-0.1, -0.05) is 43.7 Å². The molecule has 9 heteroatoms. The lowest BCUT2D eigenvalue weighted by molar-refractivity contribution is -0.140. The maximum Gasteiger partial charge on any atom is 0.244 e. The van der Waals surface area contributed by atoms with Crippen molar-refractivity contribution in [3.63, 3.8) is 0 Å². The Balaban J connectivity index is 2.41. The maximum absolute atomic E-state index is 13.6. The minimum absolute atomic E-state index is 0.0304. The first-order chi connectivity index (χ1) is 16.0. The van der Waals surface area contributed by atoms with Crippen molar-refractivity contribution in [2.45, 2.75) is 59.2 Å². The summed E-state index contributed by atoms with van der Waals surface area (Å²) in [5, 5.41) is 2.97. The van der Waals surface area contributed by atoms with Gasteiger partial charge in [0.25, 0.3) is 0 Å². The number of aryl methyl sites for hydroxylation is 1. The summed E-state index contributed by atoms with van der Waals surface area (Å²) in [6.45, 7) is 7.54. The zero-order valence-electron chi connectivity index (χ0n) is 20.4. The first-order valence-corrected chi connectivity index (χ1v) is 14.3. The predicted octanol–water partition coefficient (Wildman–Crippen LogP) is 4.09. The SMILES string of the molecule is CCC(C)NC(=O)C(CC)N(Cc1ccc(C)cc1)C(=O)CN(c1ccc(I)cc1)S(C)(=O)=O. The largest absolute Gasteiger partial charge is 0.352 e. The summed E-state index contributed by atoms with van der Waals surface area (Å²) in [4.78, 5) is 28.2. The second kappa shape index (κ2) is 12.5. The molecule has 0 heterocycles. The predicted molar refractivity (Wildman–Crippen MR) is 145 cm³/mol. The van der Waals surface area contributed by atoms with E-state index in [1.807, 2.05) is 52.0 Å². The first-order valence-electron chi connectivity index (χ1n) is 11.3. The number of amides is 2. The number of sulfonamides is 1. The van der Waals surface area contributed by atoms with Crippen LogP contribution in [-0.2, 0) is 26.2 Å². The molecule has 2 unspecified atom stereocenters. The molecule has 7 nitrogen and oxygen atoms in total. The second-order valence-electron chi connectivity index (χ2n) is 8.50. The molecular weight excluding hydrogens is 565 g/mol. The minimum atomic E-state index is -3.73. The Morgan fingerprint density at radius 3 is 2.09 bits per heavy atom. The van der Waals surface area contributed by atoms with Crippen molar-refractivity contribution in [2.24, 2.45) is 0 Å². The fourth-order valence-electron chi connectivity index (χ4n) is 3.47. The number of anilines is 1. The number of nitrogens with zero attached hydrogens (tertiary/aromatic N) is 2. The molecule has 0 fully saturated rings. The van der Waals surface area contributed by atoms with E-state index in [9.17, 15) is 18.0 Å². The van der Waals surface area contributed by atoms with Gasteiger partial charge in [-0.2, -0.15) is 0 Å². The molecule has 34 heavy (non-hydrogen) atoms. The first kappa shape index (κ1) is 28.1. The molecule has 1 N–H and O–H groups in total. The summed E-state index contributed by atoms with van der Waals surface area (Å²) >= 11 is 2.14. The van der Waals surface area contributed by atoms with Crippen molar-refractivity contribution in [3.05, 3.63) is 63.2 Å². The molecule has 0 aliphatic rings. The number of rotatable bonds is 11. The van der Waals surface area contributed by atoms with Crippen molar-refractivity contribution in [1.29, 1.82) is 0 Å². The highest BCUT2D eigenvalue weighted by atomic mass is 127. The number of hydrogen-bond acceptors (Lipinski definition) is 4. The van der Waals surface area contributed by atoms with Crippen LogP contribution in [0.15, 0.2) is 48.5 Å². The van der Waals surface area contributed by atoms with Crippen LogP contribution in [0.3, 0.4) is 0 Å². The quantitative estimate of drug-likeness (QED) is 0.395. The Morgan fingerprint density at radius 1 is 1.00 bits per heavy atom. The van der Waals surface area contributed by atoms with Gasteiger partial charge >= 0.3 is 0 Å². The van der Waals surface area contributed by atoms with Crippen molar-refractivity contribution in [3.8, 4) is 0 Å². The van der Waals surface area contributed by atoms with Crippen LogP contribution in [0.4, 0.5) is 5.69 Å². The lowest BCUT2D eigenvalue weighted by Gasteiger charge is -2.33. The molecule has 0 aliphatic heterocycles. The summed E-state index contributed by atoms with van der Waals surface area (Å²) in [6.07, 6.45) is 2.25. The van der Waals surface area contributed by atoms with Gasteiger partial charge in [0.2, 0.25) is 21.8 Å². The highest BCUT2D eigenvalue weighted by Gasteiger charge is 2.32. The summed E-state index contributed by atoms with van der Waals surface area (Å²) < 4.78 is 27.2. The van der Waals surface area contributed by atoms with E-state index in [4.69, 9.17) is 0 Å². The molecule has 2 amide bonds. The number of nitrogens with one attached hydrogen (secondary N) is 1. The van der Waals surface area contributed by atoms with E-state index in [1.165, 1.54) is 4.90 Å². The fraction of sp³-hybridized carbons (Fsp3) is 0.440. The molecule has 2 atom stereocenters. The lowest BCUT2D eigenvalue weighted by Crippen LogP contribution is -2.53. The molecule has 0 spiro atoms. The number of hydrogen-bond donors (Lipinski definition) is 1. The molecule has 0 radical (unpaired) electrons. The Morgan fingerprint density at radius 2 is 1.59 bits per heavy atom. The van der Waals surface area contributed by atoms with Gasteiger partial charge < -0.3 is 10.2 Å². The van der Waals surface area contributed by atoms with Crippen LogP contribution < -0.4 is 9.62 Å². The Labute approximate surface area is 217 Å². The van der Waals surface area contributed by atoms with Gasteiger partial charge in [-0.3, -0.25) is 13.9 Å². The van der Waals surface area contributed by atoms with E-state index in [0.29, 0.717) is 12.1 Å². The number of carbonyl (C=O) groups excluding carboxylic acids is 2. The topological polar surface area (TPSA) is 86.8 Å². The highest BCUT2D eigenvalue weighted by Crippen LogP contribution is 2.21. The van der Waals surface area contributed by atoms with Crippen molar-refractivity contribution in [2.75, 3.05) is 17.1 Å². The van der Waals surface area contributed by atoms with Crippen LogP contribution in [0.25, 0.3) is 0 Å². The van der Waals surface area contributed by atoms with E-state index in [0.717, 1.165) is 31.7 Å². The number of carbonyl (C=O) groups is 2. The molecule has 0 aromatic heterocycles. The van der Waals surface area contributed by atoms with Gasteiger partial charge in [0.05, 0.1) is 11.9 Å². The van der Waals surface area contributed by atoms with E-state index in [-0.39, 0.29) is 18.5 Å². The van der Waals surface area contributed by atoms with Gasteiger partial charge in [-0.05, 0) is 79.1 Å². The third-order valence-corrected chi connectivity index (χ3v) is 7.51. The molecule has 0 saturated heterocycles. The molecular formula is C25H34IN3O4S. The zero-order valence-corrected chi connectivity index (χ0v) is 23.4. The fourth-order valence-corrected chi connectivity index (χ4v) is 4.68. The average Bonchev–Trinajstić information content (AvgIpc) is 2.78. The molecule has 2 aromatic carbocycles. The summed E-state index contributed by atoms with van der Waals surface area (Å²) in [5.41, 5.74) is 2.36. The maximum atomic E-state index is 13.6. The molecule has 0 saturated carbocycles. The Hall–Kier alpha value is -2.14. The van der Waals surface area contributed by atoms with Crippen LogP contribution in [0.1, 0.15) is 44.7 Å².